The highest BCUT2D eigenvalue weighted by atomic mass is 19.2. The van der Waals surface area contributed by atoms with Crippen molar-refractivity contribution in [3.63, 3.8) is 0 Å². The molecule has 0 radical (unpaired) electrons. The Hall–Kier alpha value is -6.68. The Balaban J connectivity index is 0.000000302. The number of rotatable bonds is 6. The van der Waals surface area contributed by atoms with E-state index in [1.165, 1.54) is 11.6 Å². The van der Waals surface area contributed by atoms with E-state index < -0.39 is 144 Å². The van der Waals surface area contributed by atoms with Gasteiger partial charge in [0.25, 0.3) is 0 Å². The number of hydrogen-bond acceptors (Lipinski definition) is 0. The summed E-state index contributed by atoms with van der Waals surface area (Å²) in [5, 5.41) is 0.924. The van der Waals surface area contributed by atoms with Crippen LogP contribution in [0.2, 0.25) is 0 Å². The predicted molar refractivity (Wildman–Crippen MR) is 179 cm³/mol. The molecule has 0 saturated heterocycles. The Morgan fingerprint density at radius 3 is 0.905 bits per heavy atom. The van der Waals surface area contributed by atoms with E-state index in [1.807, 2.05) is 59.3 Å². The first-order chi connectivity index (χ1) is 29.5. The van der Waals surface area contributed by atoms with Crippen molar-refractivity contribution >= 4 is 38.9 Å². The smallest absolute Gasteiger partial charge is 0.207 e. The molecule has 0 bridgehead atoms. The summed E-state index contributed by atoms with van der Waals surface area (Å²) >= 11 is 0. The van der Waals surface area contributed by atoms with Gasteiger partial charge >= 0.3 is 0 Å². The lowest BCUT2D eigenvalue weighted by atomic mass is 9.12. The van der Waals surface area contributed by atoms with Crippen LogP contribution in [0.25, 0.3) is 10.9 Å². The molecule has 0 atom stereocenters. The van der Waals surface area contributed by atoms with Crippen molar-refractivity contribution < 1.29 is 96.8 Å². The molecule has 6 aromatic carbocycles. The van der Waals surface area contributed by atoms with Crippen molar-refractivity contribution in [2.24, 2.45) is 0 Å². The molecule has 0 unspecified atom stereocenters. The molecule has 0 N–H and O–H groups in total. The van der Waals surface area contributed by atoms with Crippen molar-refractivity contribution in [1.82, 2.24) is 0 Å². The average molecular weight is 917 g/mol. The molecular weight excluding hydrogens is 904 g/mol. The molecule has 0 aliphatic rings. The van der Waals surface area contributed by atoms with Crippen molar-refractivity contribution in [3.8, 4) is 0 Å². The van der Waals surface area contributed by atoms with Gasteiger partial charge in [-0.3, -0.25) is 0 Å². The van der Waals surface area contributed by atoms with Crippen LogP contribution in [0.3, 0.4) is 0 Å². The van der Waals surface area contributed by atoms with Crippen molar-refractivity contribution in [2.75, 3.05) is 0 Å². The van der Waals surface area contributed by atoms with E-state index in [0.717, 1.165) is 5.39 Å². The monoisotopic (exact) mass is 917 g/mol. The zero-order chi connectivity index (χ0) is 46.7. The molecule has 0 aliphatic carbocycles. The second kappa shape index (κ2) is 16.9. The van der Waals surface area contributed by atoms with Crippen LogP contribution in [0.15, 0.2) is 66.9 Å². The maximum Gasteiger partial charge on any atom is 0.248 e. The third kappa shape index (κ3) is 7.06. The Kier molecular flexibility index (Phi) is 12.3. The molecule has 1 nitrogen and oxygen atoms in total. The first-order valence-electron chi connectivity index (χ1n) is 16.9. The second-order valence-corrected chi connectivity index (χ2v) is 13.1. The van der Waals surface area contributed by atoms with E-state index in [9.17, 15) is 57.1 Å². The molecule has 0 fully saturated rings. The van der Waals surface area contributed by atoms with Crippen LogP contribution in [0.4, 0.5) is 92.2 Å². The van der Waals surface area contributed by atoms with Crippen LogP contribution in [-0.4, -0.2) is 6.15 Å². The van der Waals surface area contributed by atoms with Gasteiger partial charge in [-0.1, -0.05) is 36.4 Å². The number of para-hydroxylation sites is 1. The van der Waals surface area contributed by atoms with E-state index in [1.54, 1.807) is 6.07 Å². The molecule has 63 heavy (non-hydrogen) atoms. The summed E-state index contributed by atoms with van der Waals surface area (Å²) in [5.41, 5.74) is -12.5. The molecular formula is C40H13BF21N. The Labute approximate surface area is 336 Å². The lowest BCUT2D eigenvalue weighted by molar-refractivity contribution is -0.663. The number of aromatic nitrogens is 1. The van der Waals surface area contributed by atoms with Gasteiger partial charge in [0.15, 0.2) is 88.4 Å². The zero-order valence-corrected chi connectivity index (χ0v) is 30.0. The normalized spacial score (nSPS) is 11.6. The molecule has 0 saturated carbocycles. The van der Waals surface area contributed by atoms with Crippen LogP contribution >= 0.6 is 0 Å². The standard InChI is InChI=1S/C24BF20.C16H13FN/c26-5-1(6(27)14(35)21(42)13(5)34)25(2-7(28)15(36)22(43)16(37)8(2)29,3-9(30)17(38)23(44)18(39)10(3)31)4-11(32)19(40)24(45)20(41)12(4)33;17-15-10-4-8-14-9-5-11-18(16(14)15)12-13-6-2-1-3-7-13/h;1-11H,12H2/q-1;+1. The minimum atomic E-state index is -7.22. The quantitative estimate of drug-likeness (QED) is 0.0516. The van der Waals surface area contributed by atoms with Crippen molar-refractivity contribution in [3.05, 3.63) is 195 Å². The first kappa shape index (κ1) is 45.8. The highest BCUT2D eigenvalue weighted by Crippen LogP contribution is 2.31. The summed E-state index contributed by atoms with van der Waals surface area (Å²) in [6.45, 7) is 0.680. The number of benzene rings is 6. The zero-order valence-electron chi connectivity index (χ0n) is 30.0. The Morgan fingerprint density at radius 2 is 0.587 bits per heavy atom. The van der Waals surface area contributed by atoms with E-state index >= 15 is 35.1 Å². The Bertz CT molecular complexity index is 2610. The molecule has 1 heterocycles. The highest BCUT2D eigenvalue weighted by molar-refractivity contribution is 7.20. The van der Waals surface area contributed by atoms with Gasteiger partial charge in [0, 0.05) is 17.0 Å². The topological polar surface area (TPSA) is 3.88 Å². The predicted octanol–water partition coefficient (Wildman–Crippen LogP) is 9.16. The van der Waals surface area contributed by atoms with E-state index in [2.05, 4.69) is 0 Å². The van der Waals surface area contributed by atoms with E-state index in [-0.39, 0.29) is 5.82 Å². The number of halogens is 21. The van der Waals surface area contributed by atoms with Gasteiger partial charge in [-0.25, -0.2) is 87.8 Å². The fourth-order valence-corrected chi connectivity index (χ4v) is 7.08. The van der Waals surface area contributed by atoms with Crippen molar-refractivity contribution in [2.45, 2.75) is 6.54 Å². The van der Waals surface area contributed by atoms with Crippen LogP contribution in [0.1, 0.15) is 5.56 Å². The number of hydrogen-bond donors (Lipinski definition) is 0. The minimum Gasteiger partial charge on any atom is -0.207 e. The van der Waals surface area contributed by atoms with E-state index in [0.29, 0.717) is 12.1 Å². The van der Waals surface area contributed by atoms with Gasteiger partial charge in [0.1, 0.15) is 52.7 Å². The van der Waals surface area contributed by atoms with Gasteiger partial charge in [0.2, 0.25) is 5.52 Å². The van der Waals surface area contributed by atoms with Gasteiger partial charge in [-0.05, 0) is 18.2 Å². The largest absolute Gasteiger partial charge is 0.248 e. The van der Waals surface area contributed by atoms with Gasteiger partial charge in [-0.15, -0.1) is 21.9 Å². The molecule has 0 aliphatic heterocycles. The van der Waals surface area contributed by atoms with E-state index in [4.69, 9.17) is 0 Å². The van der Waals surface area contributed by atoms with Crippen LogP contribution in [0.5, 0.6) is 0 Å². The summed E-state index contributed by atoms with van der Waals surface area (Å²) in [6, 6.07) is 19.1. The molecule has 23 heteroatoms. The fraction of sp³-hybridized carbons (Fsp3) is 0.0250. The molecule has 7 aromatic rings. The molecule has 7 rings (SSSR count). The van der Waals surface area contributed by atoms with Gasteiger partial charge in [-0.2, -0.15) is 8.96 Å². The molecule has 1 aromatic heterocycles. The summed E-state index contributed by atoms with van der Waals surface area (Å²) in [4.78, 5) is 0. The van der Waals surface area contributed by atoms with Crippen molar-refractivity contribution in [1.29, 1.82) is 0 Å². The number of fused-ring (bicyclic) bond motifs is 1. The molecule has 328 valence electrons. The van der Waals surface area contributed by atoms with Crippen LogP contribution in [-0.2, 0) is 6.54 Å². The van der Waals surface area contributed by atoms with Crippen LogP contribution in [0, 0.1) is 122 Å². The van der Waals surface area contributed by atoms with Gasteiger partial charge in [0.05, 0.1) is 0 Å². The summed E-state index contributed by atoms with van der Waals surface area (Å²) in [6.07, 6.45) is -5.30. The Morgan fingerprint density at radius 1 is 0.302 bits per heavy atom. The highest BCUT2D eigenvalue weighted by Gasteiger charge is 2.52. The summed E-state index contributed by atoms with van der Waals surface area (Å²) < 4.78 is 310. The molecule has 0 amide bonds. The third-order valence-electron chi connectivity index (χ3n) is 9.75. The SMILES string of the molecule is Fc1c(F)c(F)c([B-](c2c(F)c(F)c(F)c(F)c2F)(c2c(F)c(F)c(F)c(F)c2F)c2c(F)c(F)c(F)c(F)c2F)c(F)c1F.Fc1cccc2ccc[n+](Cc3ccccc3)c12. The number of pyridine rings is 1. The molecule has 0 spiro atoms. The lowest BCUT2D eigenvalue weighted by Crippen LogP contribution is -2.81. The lowest BCUT2D eigenvalue weighted by Gasteiger charge is -2.44. The first-order valence-corrected chi connectivity index (χ1v) is 16.9. The van der Waals surface area contributed by atoms with Crippen LogP contribution < -0.4 is 26.4 Å². The summed E-state index contributed by atoms with van der Waals surface area (Å²) in [5.74, 6) is -71.6. The number of nitrogens with zero attached hydrogens (tertiary/aromatic N) is 1. The fourth-order valence-electron chi connectivity index (χ4n) is 7.08. The van der Waals surface area contributed by atoms with Gasteiger partial charge < -0.3 is 0 Å². The maximum absolute atomic E-state index is 15.4. The minimum absolute atomic E-state index is 0.177. The second-order valence-electron chi connectivity index (χ2n) is 13.1. The third-order valence-corrected chi connectivity index (χ3v) is 9.75. The average Bonchev–Trinajstić information content (AvgIpc) is 3.27. The maximum atomic E-state index is 15.4. The summed E-state index contributed by atoms with van der Waals surface area (Å²) in [7, 11) is 0.